The SMILES string of the molecule is C[C@@H](Nc1cnc(-c2cncc(C=O)c2)cn1)c1ccc(F)cc1. The Bertz CT molecular complexity index is 834. The van der Waals surface area contributed by atoms with E-state index in [-0.39, 0.29) is 11.9 Å². The lowest BCUT2D eigenvalue weighted by molar-refractivity contribution is 0.112. The Hall–Kier alpha value is -3.15. The van der Waals surface area contributed by atoms with Crippen molar-refractivity contribution in [1.29, 1.82) is 0 Å². The smallest absolute Gasteiger partial charge is 0.151 e. The van der Waals surface area contributed by atoms with Gasteiger partial charge in [-0.3, -0.25) is 14.8 Å². The van der Waals surface area contributed by atoms with Crippen LogP contribution in [0.1, 0.15) is 28.9 Å². The van der Waals surface area contributed by atoms with E-state index >= 15 is 0 Å². The molecule has 0 aliphatic rings. The summed E-state index contributed by atoms with van der Waals surface area (Å²) >= 11 is 0. The molecule has 0 radical (unpaired) electrons. The minimum Gasteiger partial charge on any atom is -0.362 e. The molecule has 0 aliphatic heterocycles. The summed E-state index contributed by atoms with van der Waals surface area (Å²) in [7, 11) is 0. The molecule has 1 N–H and O–H groups in total. The normalized spacial score (nSPS) is 11.8. The first-order valence-electron chi connectivity index (χ1n) is 7.40. The first-order chi connectivity index (χ1) is 11.7. The summed E-state index contributed by atoms with van der Waals surface area (Å²) in [5.41, 5.74) is 2.79. The third-order valence-corrected chi connectivity index (χ3v) is 3.58. The third kappa shape index (κ3) is 3.60. The minimum atomic E-state index is -0.263. The topological polar surface area (TPSA) is 67.8 Å². The van der Waals surface area contributed by atoms with Crippen molar-refractivity contribution in [2.24, 2.45) is 0 Å². The fourth-order valence-electron chi connectivity index (χ4n) is 2.27. The van der Waals surface area contributed by atoms with Crippen molar-refractivity contribution < 1.29 is 9.18 Å². The van der Waals surface area contributed by atoms with E-state index < -0.39 is 0 Å². The molecule has 0 aliphatic carbocycles. The predicted molar refractivity (Wildman–Crippen MR) is 89.1 cm³/mol. The summed E-state index contributed by atoms with van der Waals surface area (Å²) in [4.78, 5) is 23.5. The molecular formula is C18H15FN4O. The zero-order valence-corrected chi connectivity index (χ0v) is 13.0. The molecule has 0 bridgehead atoms. The average Bonchev–Trinajstić information content (AvgIpc) is 2.63. The maximum atomic E-state index is 13.0. The van der Waals surface area contributed by atoms with Gasteiger partial charge in [-0.05, 0) is 30.7 Å². The molecular weight excluding hydrogens is 307 g/mol. The van der Waals surface area contributed by atoms with E-state index in [2.05, 4.69) is 20.3 Å². The van der Waals surface area contributed by atoms with Crippen LogP contribution in [0.15, 0.2) is 55.1 Å². The second-order valence-corrected chi connectivity index (χ2v) is 5.33. The number of benzene rings is 1. The summed E-state index contributed by atoms with van der Waals surface area (Å²) < 4.78 is 13.0. The minimum absolute atomic E-state index is 0.0363. The van der Waals surface area contributed by atoms with Gasteiger partial charge in [-0.15, -0.1) is 0 Å². The Morgan fingerprint density at radius 1 is 1.08 bits per heavy atom. The zero-order valence-electron chi connectivity index (χ0n) is 13.0. The molecule has 0 saturated carbocycles. The molecule has 0 fully saturated rings. The number of carbonyl (C=O) groups excluding carboxylic acids is 1. The van der Waals surface area contributed by atoms with Crippen LogP contribution in [-0.2, 0) is 0 Å². The number of carbonyl (C=O) groups is 1. The molecule has 6 heteroatoms. The van der Waals surface area contributed by atoms with Gasteiger partial charge in [-0.1, -0.05) is 12.1 Å². The standard InChI is InChI=1S/C18H15FN4O/c1-12(14-2-4-16(19)5-3-14)23-18-10-21-17(9-22-18)15-6-13(11-24)7-20-8-15/h2-12H,1H3,(H,22,23)/t12-/m1/s1. The zero-order chi connectivity index (χ0) is 16.9. The van der Waals surface area contributed by atoms with Crippen molar-refractivity contribution in [2.45, 2.75) is 13.0 Å². The van der Waals surface area contributed by atoms with Crippen LogP contribution in [0.3, 0.4) is 0 Å². The summed E-state index contributed by atoms with van der Waals surface area (Å²) in [5.74, 6) is 0.344. The molecule has 5 nitrogen and oxygen atoms in total. The van der Waals surface area contributed by atoms with Crippen LogP contribution in [0.4, 0.5) is 10.2 Å². The van der Waals surface area contributed by atoms with Crippen LogP contribution in [0.25, 0.3) is 11.3 Å². The molecule has 1 aromatic carbocycles. The molecule has 2 heterocycles. The Labute approximate surface area is 138 Å². The average molecular weight is 322 g/mol. The van der Waals surface area contributed by atoms with E-state index in [1.54, 1.807) is 36.8 Å². The summed E-state index contributed by atoms with van der Waals surface area (Å²) in [6.45, 7) is 1.96. The molecule has 3 rings (SSSR count). The predicted octanol–water partition coefficient (Wildman–Crippen LogP) is 3.66. The van der Waals surface area contributed by atoms with E-state index in [1.807, 2.05) is 6.92 Å². The Morgan fingerprint density at radius 2 is 1.88 bits per heavy atom. The number of hydrogen-bond donors (Lipinski definition) is 1. The lowest BCUT2D eigenvalue weighted by Crippen LogP contribution is -2.08. The fourth-order valence-corrected chi connectivity index (χ4v) is 2.27. The van der Waals surface area contributed by atoms with Gasteiger partial charge in [-0.2, -0.15) is 0 Å². The first kappa shape index (κ1) is 15.7. The van der Waals surface area contributed by atoms with Gasteiger partial charge in [0.2, 0.25) is 0 Å². The van der Waals surface area contributed by atoms with Crippen LogP contribution in [0, 0.1) is 5.82 Å². The number of aromatic nitrogens is 3. The largest absolute Gasteiger partial charge is 0.362 e. The van der Waals surface area contributed by atoms with Gasteiger partial charge in [0.05, 0.1) is 18.1 Å². The number of rotatable bonds is 5. The molecule has 1 atom stereocenters. The van der Waals surface area contributed by atoms with Crippen molar-refractivity contribution in [2.75, 3.05) is 5.32 Å². The number of anilines is 1. The number of halogens is 1. The van der Waals surface area contributed by atoms with E-state index in [0.717, 1.165) is 17.4 Å². The van der Waals surface area contributed by atoms with Crippen LogP contribution in [0.5, 0.6) is 0 Å². The maximum absolute atomic E-state index is 13.0. The van der Waals surface area contributed by atoms with Crippen molar-refractivity contribution in [3.8, 4) is 11.3 Å². The first-order valence-corrected chi connectivity index (χ1v) is 7.40. The van der Waals surface area contributed by atoms with Crippen LogP contribution in [0.2, 0.25) is 0 Å². The Morgan fingerprint density at radius 3 is 2.54 bits per heavy atom. The number of aldehydes is 1. The third-order valence-electron chi connectivity index (χ3n) is 3.58. The number of pyridine rings is 1. The van der Waals surface area contributed by atoms with E-state index in [1.165, 1.54) is 18.3 Å². The number of nitrogens with one attached hydrogen (secondary N) is 1. The van der Waals surface area contributed by atoms with Crippen LogP contribution in [-0.4, -0.2) is 21.2 Å². The second kappa shape index (κ2) is 6.95. The van der Waals surface area contributed by atoms with E-state index in [9.17, 15) is 9.18 Å². The molecule has 24 heavy (non-hydrogen) atoms. The quantitative estimate of drug-likeness (QED) is 0.726. The van der Waals surface area contributed by atoms with Gasteiger partial charge < -0.3 is 5.32 Å². The van der Waals surface area contributed by atoms with Crippen LogP contribution < -0.4 is 5.32 Å². The number of nitrogens with zero attached hydrogens (tertiary/aromatic N) is 3. The van der Waals surface area contributed by atoms with Gasteiger partial charge in [0, 0.05) is 29.6 Å². The van der Waals surface area contributed by atoms with E-state index in [4.69, 9.17) is 0 Å². The highest BCUT2D eigenvalue weighted by Crippen LogP contribution is 2.20. The summed E-state index contributed by atoms with van der Waals surface area (Å²) in [6.07, 6.45) is 7.09. The Kier molecular flexibility index (Phi) is 4.56. The van der Waals surface area contributed by atoms with Crippen molar-refractivity contribution in [3.05, 3.63) is 72.1 Å². The van der Waals surface area contributed by atoms with Gasteiger partial charge >= 0.3 is 0 Å². The van der Waals surface area contributed by atoms with Crippen molar-refractivity contribution >= 4 is 12.1 Å². The molecule has 0 unspecified atom stereocenters. The lowest BCUT2D eigenvalue weighted by atomic mass is 10.1. The van der Waals surface area contributed by atoms with Crippen molar-refractivity contribution in [1.82, 2.24) is 15.0 Å². The van der Waals surface area contributed by atoms with E-state index in [0.29, 0.717) is 17.1 Å². The number of hydrogen-bond acceptors (Lipinski definition) is 5. The molecule has 0 spiro atoms. The molecule has 120 valence electrons. The molecule has 3 aromatic rings. The molecule has 2 aromatic heterocycles. The lowest BCUT2D eigenvalue weighted by Gasteiger charge is -2.14. The van der Waals surface area contributed by atoms with Crippen molar-refractivity contribution in [3.63, 3.8) is 0 Å². The monoisotopic (exact) mass is 322 g/mol. The Balaban J connectivity index is 1.74. The highest BCUT2D eigenvalue weighted by Gasteiger charge is 2.08. The van der Waals surface area contributed by atoms with Crippen LogP contribution >= 0.6 is 0 Å². The maximum Gasteiger partial charge on any atom is 0.151 e. The van der Waals surface area contributed by atoms with Gasteiger partial charge in [0.15, 0.2) is 6.29 Å². The molecule has 0 saturated heterocycles. The van der Waals surface area contributed by atoms with Gasteiger partial charge in [0.1, 0.15) is 11.6 Å². The van der Waals surface area contributed by atoms with Gasteiger partial charge in [0.25, 0.3) is 0 Å². The summed E-state index contributed by atoms with van der Waals surface area (Å²) in [6, 6.07) is 7.98. The van der Waals surface area contributed by atoms with Gasteiger partial charge in [-0.25, -0.2) is 9.37 Å². The second-order valence-electron chi connectivity index (χ2n) is 5.33. The highest BCUT2D eigenvalue weighted by molar-refractivity contribution is 5.77. The fraction of sp³-hybridized carbons (Fsp3) is 0.111. The highest BCUT2D eigenvalue weighted by atomic mass is 19.1. The summed E-state index contributed by atoms with van der Waals surface area (Å²) in [5, 5.41) is 3.21. The molecule has 0 amide bonds.